The van der Waals surface area contributed by atoms with Crippen molar-refractivity contribution in [2.24, 2.45) is 5.92 Å². The molecule has 0 saturated heterocycles. The number of benzene rings is 2. The summed E-state index contributed by atoms with van der Waals surface area (Å²) in [6, 6.07) is 16.2. The van der Waals surface area contributed by atoms with Gasteiger partial charge in [0.25, 0.3) is 11.8 Å². The third-order valence-electron chi connectivity index (χ3n) is 5.03. The fourth-order valence-electron chi connectivity index (χ4n) is 3.55. The summed E-state index contributed by atoms with van der Waals surface area (Å²) in [6.45, 7) is 3.13. The Morgan fingerprint density at radius 1 is 1.03 bits per heavy atom. The molecule has 0 fully saturated rings. The first kappa shape index (κ1) is 22.2. The highest BCUT2D eigenvalue weighted by molar-refractivity contribution is 6.11. The van der Waals surface area contributed by atoms with E-state index in [4.69, 9.17) is 4.74 Å². The van der Waals surface area contributed by atoms with Gasteiger partial charge in [0.05, 0.1) is 12.5 Å². The summed E-state index contributed by atoms with van der Waals surface area (Å²) in [4.78, 5) is 50.2. The standard InChI is InChI=1S/C24H26N2O5/c1-16(2)12-20(17-8-4-3-5-9-17)25-21(27)15-31-23(29)14-26-22(28)13-18-10-6-7-11-19(18)24(26)30/h3-11,16,20H,12-15H2,1-2H3,(H,25,27)/t20-/m0/s1. The molecule has 1 atom stereocenters. The normalized spacial score (nSPS) is 14.2. The van der Waals surface area contributed by atoms with E-state index in [1.807, 2.05) is 30.3 Å². The fourth-order valence-corrected chi connectivity index (χ4v) is 3.55. The smallest absolute Gasteiger partial charge is 0.326 e. The lowest BCUT2D eigenvalue weighted by molar-refractivity contribution is -0.151. The Morgan fingerprint density at radius 2 is 1.71 bits per heavy atom. The molecule has 1 aliphatic heterocycles. The molecule has 0 aliphatic carbocycles. The first-order chi connectivity index (χ1) is 14.8. The lowest BCUT2D eigenvalue weighted by Gasteiger charge is -2.26. The highest BCUT2D eigenvalue weighted by atomic mass is 16.5. The van der Waals surface area contributed by atoms with Crippen molar-refractivity contribution < 1.29 is 23.9 Å². The Balaban J connectivity index is 1.55. The Morgan fingerprint density at radius 3 is 2.42 bits per heavy atom. The molecule has 3 amide bonds. The molecule has 0 saturated carbocycles. The zero-order valence-corrected chi connectivity index (χ0v) is 17.7. The quantitative estimate of drug-likeness (QED) is 0.522. The minimum Gasteiger partial charge on any atom is -0.454 e. The number of esters is 1. The Bertz CT molecular complexity index is 971. The van der Waals surface area contributed by atoms with Crippen LogP contribution in [0, 0.1) is 5.92 Å². The molecule has 7 heteroatoms. The highest BCUT2D eigenvalue weighted by Crippen LogP contribution is 2.21. The number of amides is 3. The number of carbonyl (C=O) groups is 4. The van der Waals surface area contributed by atoms with Crippen molar-refractivity contribution >= 4 is 23.7 Å². The number of nitrogens with zero attached hydrogens (tertiary/aromatic N) is 1. The summed E-state index contributed by atoms with van der Waals surface area (Å²) in [5.41, 5.74) is 2.00. The van der Waals surface area contributed by atoms with Crippen LogP contribution < -0.4 is 5.32 Å². The predicted molar refractivity (Wildman–Crippen MR) is 114 cm³/mol. The van der Waals surface area contributed by atoms with Gasteiger partial charge in [-0.25, -0.2) is 0 Å². The molecule has 2 aromatic carbocycles. The van der Waals surface area contributed by atoms with Crippen LogP contribution in [0.25, 0.3) is 0 Å². The van der Waals surface area contributed by atoms with Crippen molar-refractivity contribution in [1.29, 1.82) is 0 Å². The minimum absolute atomic E-state index is 0.0453. The van der Waals surface area contributed by atoms with Crippen LogP contribution in [0.1, 0.15) is 47.8 Å². The van der Waals surface area contributed by atoms with Gasteiger partial charge in [0, 0.05) is 5.56 Å². The van der Waals surface area contributed by atoms with Crippen LogP contribution in [-0.4, -0.2) is 41.7 Å². The van der Waals surface area contributed by atoms with Crippen LogP contribution in [0.5, 0.6) is 0 Å². The molecule has 1 aliphatic rings. The van der Waals surface area contributed by atoms with E-state index in [0.29, 0.717) is 17.0 Å². The van der Waals surface area contributed by atoms with Crippen LogP contribution in [0.3, 0.4) is 0 Å². The summed E-state index contributed by atoms with van der Waals surface area (Å²) >= 11 is 0. The Kier molecular flexibility index (Phi) is 7.18. The first-order valence-electron chi connectivity index (χ1n) is 10.3. The predicted octanol–water partition coefficient (Wildman–Crippen LogP) is 2.66. The number of hydrogen-bond acceptors (Lipinski definition) is 5. The number of ether oxygens (including phenoxy) is 1. The number of nitrogens with one attached hydrogen (secondary N) is 1. The van der Waals surface area contributed by atoms with E-state index in [1.165, 1.54) is 0 Å². The van der Waals surface area contributed by atoms with Crippen molar-refractivity contribution in [2.45, 2.75) is 32.7 Å². The molecular formula is C24H26N2O5. The van der Waals surface area contributed by atoms with E-state index in [1.54, 1.807) is 24.3 Å². The minimum atomic E-state index is -0.809. The van der Waals surface area contributed by atoms with Crippen LogP contribution >= 0.6 is 0 Å². The maximum Gasteiger partial charge on any atom is 0.326 e. The third-order valence-corrected chi connectivity index (χ3v) is 5.03. The van der Waals surface area contributed by atoms with E-state index in [9.17, 15) is 19.2 Å². The largest absolute Gasteiger partial charge is 0.454 e. The van der Waals surface area contributed by atoms with Gasteiger partial charge in [-0.1, -0.05) is 62.4 Å². The van der Waals surface area contributed by atoms with Gasteiger partial charge in [0.15, 0.2) is 6.61 Å². The molecule has 0 radical (unpaired) electrons. The maximum atomic E-state index is 12.5. The molecule has 0 spiro atoms. The second kappa shape index (κ2) is 10.0. The first-order valence-corrected chi connectivity index (χ1v) is 10.3. The average molecular weight is 422 g/mol. The fraction of sp³-hybridized carbons (Fsp3) is 0.333. The second-order valence-corrected chi connectivity index (χ2v) is 7.94. The van der Waals surface area contributed by atoms with Gasteiger partial charge in [0.1, 0.15) is 6.54 Å². The van der Waals surface area contributed by atoms with Crippen molar-refractivity contribution in [1.82, 2.24) is 10.2 Å². The van der Waals surface area contributed by atoms with Gasteiger partial charge in [-0.3, -0.25) is 24.1 Å². The van der Waals surface area contributed by atoms with E-state index < -0.39 is 36.8 Å². The second-order valence-electron chi connectivity index (χ2n) is 7.94. The molecule has 1 heterocycles. The number of carbonyl (C=O) groups excluding carboxylic acids is 4. The highest BCUT2D eigenvalue weighted by Gasteiger charge is 2.32. The van der Waals surface area contributed by atoms with Gasteiger partial charge in [-0.2, -0.15) is 0 Å². The summed E-state index contributed by atoms with van der Waals surface area (Å²) in [7, 11) is 0. The summed E-state index contributed by atoms with van der Waals surface area (Å²) in [5.74, 6) is -1.89. The molecule has 0 unspecified atom stereocenters. The lowest BCUT2D eigenvalue weighted by Crippen LogP contribution is -2.45. The molecule has 3 rings (SSSR count). The number of imide groups is 1. The molecule has 162 valence electrons. The van der Waals surface area contributed by atoms with Crippen LogP contribution in [-0.2, 0) is 25.5 Å². The maximum absolute atomic E-state index is 12.5. The summed E-state index contributed by atoms with van der Waals surface area (Å²) in [6.07, 6.45) is 0.781. The van der Waals surface area contributed by atoms with Gasteiger partial charge >= 0.3 is 5.97 Å². The Labute approximate surface area is 181 Å². The molecule has 2 aromatic rings. The molecule has 1 N–H and O–H groups in total. The summed E-state index contributed by atoms with van der Waals surface area (Å²) in [5, 5.41) is 2.89. The van der Waals surface area contributed by atoms with Gasteiger partial charge in [0.2, 0.25) is 5.91 Å². The molecular weight excluding hydrogens is 396 g/mol. The topological polar surface area (TPSA) is 92.8 Å². The SMILES string of the molecule is CC(C)C[C@H](NC(=O)COC(=O)CN1C(=O)Cc2ccccc2C1=O)c1ccccc1. The average Bonchev–Trinajstić information content (AvgIpc) is 2.75. The van der Waals surface area contributed by atoms with E-state index in [0.717, 1.165) is 16.9 Å². The van der Waals surface area contributed by atoms with Crippen molar-refractivity contribution in [3.8, 4) is 0 Å². The van der Waals surface area contributed by atoms with Crippen molar-refractivity contribution in [2.75, 3.05) is 13.2 Å². The number of hydrogen-bond donors (Lipinski definition) is 1. The zero-order chi connectivity index (χ0) is 22.4. The van der Waals surface area contributed by atoms with Gasteiger partial charge in [-0.05, 0) is 29.5 Å². The van der Waals surface area contributed by atoms with Crippen LogP contribution in [0.2, 0.25) is 0 Å². The molecule has 0 aromatic heterocycles. The molecule has 31 heavy (non-hydrogen) atoms. The molecule has 7 nitrogen and oxygen atoms in total. The van der Waals surface area contributed by atoms with Crippen molar-refractivity contribution in [3.05, 3.63) is 71.3 Å². The third kappa shape index (κ3) is 5.78. The number of fused-ring (bicyclic) bond motifs is 1. The summed E-state index contributed by atoms with van der Waals surface area (Å²) < 4.78 is 5.04. The van der Waals surface area contributed by atoms with E-state index >= 15 is 0 Å². The van der Waals surface area contributed by atoms with E-state index in [-0.39, 0.29) is 12.5 Å². The van der Waals surface area contributed by atoms with Crippen LogP contribution in [0.4, 0.5) is 0 Å². The zero-order valence-electron chi connectivity index (χ0n) is 17.7. The van der Waals surface area contributed by atoms with Gasteiger partial charge < -0.3 is 10.1 Å². The monoisotopic (exact) mass is 422 g/mol. The van der Waals surface area contributed by atoms with Crippen LogP contribution in [0.15, 0.2) is 54.6 Å². The lowest BCUT2D eigenvalue weighted by atomic mass is 9.97. The molecule has 0 bridgehead atoms. The van der Waals surface area contributed by atoms with Crippen molar-refractivity contribution in [3.63, 3.8) is 0 Å². The number of rotatable bonds is 8. The van der Waals surface area contributed by atoms with Gasteiger partial charge in [-0.15, -0.1) is 0 Å². The Hall–Kier alpha value is -3.48. The van der Waals surface area contributed by atoms with E-state index in [2.05, 4.69) is 19.2 Å².